The average molecular weight is 597 g/mol. The molecule has 3 rings (SSSR count). The van der Waals surface area contributed by atoms with Crippen LogP contribution in [0.3, 0.4) is 0 Å². The van der Waals surface area contributed by atoms with Gasteiger partial charge in [-0.1, -0.05) is 43.2 Å². The highest BCUT2D eigenvalue weighted by Gasteiger charge is 2.45. The van der Waals surface area contributed by atoms with Crippen LogP contribution in [-0.2, 0) is 23.7 Å². The zero-order valence-corrected chi connectivity index (χ0v) is 23.6. The molecule has 1 saturated heterocycles. The third-order valence-electron chi connectivity index (χ3n) is 8.09. The third-order valence-corrected chi connectivity index (χ3v) is 8.09. The van der Waals surface area contributed by atoms with Gasteiger partial charge < -0.3 is 15.3 Å². The van der Waals surface area contributed by atoms with Crippen LogP contribution in [0.1, 0.15) is 49.3 Å². The molecule has 1 amide bonds. The molecule has 1 heterocycles. The molecule has 0 aromatic heterocycles. The first-order chi connectivity index (χ1) is 19.8. The number of likely N-dealkylation sites (tertiary alicyclic amines) is 1. The minimum absolute atomic E-state index is 0.0305. The standard InChI is InChI=1S/C32H38F6N2O2/c1-3-4-5-6-7-8-9-10-24-11-13-40(20-22(24)2)14-12-28(29-17-25(29)21-41)30(42)39-19-23-15-26(31(33,34)35)18-27(16-23)32(36,37)38/h1,4-7,9-10,15-16,18,22,24-25,28-29,41H,8,11-14,17,19-21H2,2H3,(H,39,42)/b5-4-,7-6-,10-9-. The number of carbonyl (C=O) groups excluding carboxylic acids is 1. The number of alkyl halides is 6. The van der Waals surface area contributed by atoms with Crippen LogP contribution in [0.25, 0.3) is 0 Å². The second-order valence-electron chi connectivity index (χ2n) is 11.2. The molecule has 0 bridgehead atoms. The number of halogens is 6. The van der Waals surface area contributed by atoms with E-state index in [0.29, 0.717) is 43.4 Å². The molecule has 1 saturated carbocycles. The lowest BCUT2D eigenvalue weighted by Crippen LogP contribution is -2.41. The first-order valence-electron chi connectivity index (χ1n) is 14.2. The fourth-order valence-corrected chi connectivity index (χ4v) is 5.62. The van der Waals surface area contributed by atoms with Crippen molar-refractivity contribution < 1.29 is 36.2 Å². The minimum atomic E-state index is -4.96. The summed E-state index contributed by atoms with van der Waals surface area (Å²) in [5.41, 5.74) is -3.11. The number of hydrogen-bond donors (Lipinski definition) is 2. The summed E-state index contributed by atoms with van der Waals surface area (Å²) in [5.74, 6) is 2.27. The zero-order valence-electron chi connectivity index (χ0n) is 23.6. The second kappa shape index (κ2) is 14.9. The fraction of sp³-hybridized carbons (Fsp3) is 0.531. The van der Waals surface area contributed by atoms with E-state index in [4.69, 9.17) is 6.42 Å². The molecule has 5 atom stereocenters. The second-order valence-corrected chi connectivity index (χ2v) is 11.2. The molecular formula is C32H38F6N2O2. The van der Waals surface area contributed by atoms with Crippen LogP contribution in [-0.4, -0.2) is 42.2 Å². The lowest BCUT2D eigenvalue weighted by Gasteiger charge is -2.36. The largest absolute Gasteiger partial charge is 0.416 e. The Morgan fingerprint density at radius 2 is 1.83 bits per heavy atom. The molecule has 2 N–H and O–H groups in total. The number of hydrogen-bond acceptors (Lipinski definition) is 3. The summed E-state index contributed by atoms with van der Waals surface area (Å²) in [6.07, 6.45) is 9.92. The lowest BCUT2D eigenvalue weighted by atomic mass is 9.86. The Labute approximate surface area is 243 Å². The number of nitrogens with zero attached hydrogens (tertiary/aromatic N) is 1. The predicted octanol–water partition coefficient (Wildman–Crippen LogP) is 6.63. The van der Waals surface area contributed by atoms with Gasteiger partial charge in [-0.3, -0.25) is 4.79 Å². The quantitative estimate of drug-likeness (QED) is 0.123. The summed E-state index contributed by atoms with van der Waals surface area (Å²) in [7, 11) is 0. The number of piperidine rings is 1. The minimum Gasteiger partial charge on any atom is -0.396 e. The predicted molar refractivity (Wildman–Crippen MR) is 150 cm³/mol. The van der Waals surface area contributed by atoms with Gasteiger partial charge in [-0.05, 0) is 92.3 Å². The maximum absolute atomic E-state index is 13.2. The summed E-state index contributed by atoms with van der Waals surface area (Å²) < 4.78 is 79.3. The van der Waals surface area contributed by atoms with Crippen molar-refractivity contribution in [3.8, 4) is 12.3 Å². The molecule has 5 unspecified atom stereocenters. The van der Waals surface area contributed by atoms with E-state index in [1.54, 1.807) is 6.08 Å². The van der Waals surface area contributed by atoms with Crippen molar-refractivity contribution in [2.75, 3.05) is 26.2 Å². The van der Waals surface area contributed by atoms with Crippen molar-refractivity contribution >= 4 is 5.91 Å². The fourth-order valence-electron chi connectivity index (χ4n) is 5.62. The van der Waals surface area contributed by atoms with E-state index in [0.717, 1.165) is 25.9 Å². The average Bonchev–Trinajstić information content (AvgIpc) is 3.71. The molecule has 1 aromatic carbocycles. The van der Waals surface area contributed by atoms with Crippen molar-refractivity contribution in [2.45, 2.75) is 51.5 Å². The highest BCUT2D eigenvalue weighted by Crippen LogP contribution is 2.45. The maximum atomic E-state index is 13.2. The highest BCUT2D eigenvalue weighted by molar-refractivity contribution is 5.79. The van der Waals surface area contributed by atoms with Crippen molar-refractivity contribution in [3.63, 3.8) is 0 Å². The summed E-state index contributed by atoms with van der Waals surface area (Å²) in [6.45, 7) is 4.00. The maximum Gasteiger partial charge on any atom is 0.416 e. The van der Waals surface area contributed by atoms with Crippen molar-refractivity contribution in [2.24, 2.45) is 29.6 Å². The zero-order chi connectivity index (χ0) is 30.9. The van der Waals surface area contributed by atoms with Gasteiger partial charge in [0.2, 0.25) is 5.91 Å². The van der Waals surface area contributed by atoms with Gasteiger partial charge in [0.25, 0.3) is 0 Å². The highest BCUT2D eigenvalue weighted by atomic mass is 19.4. The molecule has 4 nitrogen and oxygen atoms in total. The molecule has 0 spiro atoms. The van der Waals surface area contributed by atoms with E-state index in [2.05, 4.69) is 35.2 Å². The van der Waals surface area contributed by atoms with E-state index in [9.17, 15) is 36.2 Å². The Balaban J connectivity index is 1.57. The molecular weight excluding hydrogens is 558 g/mol. The van der Waals surface area contributed by atoms with E-state index in [1.165, 1.54) is 0 Å². The summed E-state index contributed by atoms with van der Waals surface area (Å²) in [4.78, 5) is 15.4. The summed E-state index contributed by atoms with van der Waals surface area (Å²) in [6, 6.07) is 1.33. The van der Waals surface area contributed by atoms with Crippen LogP contribution < -0.4 is 5.32 Å². The van der Waals surface area contributed by atoms with Crippen LogP contribution in [0.2, 0.25) is 0 Å². The topological polar surface area (TPSA) is 52.6 Å². The molecule has 10 heteroatoms. The Morgan fingerprint density at radius 1 is 1.14 bits per heavy atom. The van der Waals surface area contributed by atoms with Crippen LogP contribution in [0.4, 0.5) is 26.3 Å². The van der Waals surface area contributed by atoms with E-state index in [1.807, 2.05) is 18.2 Å². The van der Waals surface area contributed by atoms with Crippen LogP contribution >= 0.6 is 0 Å². The normalized spacial score (nSPS) is 24.4. The number of terminal acetylenes is 1. The first kappa shape index (κ1) is 33.5. The van der Waals surface area contributed by atoms with Gasteiger partial charge >= 0.3 is 12.4 Å². The van der Waals surface area contributed by atoms with Gasteiger partial charge in [-0.25, -0.2) is 0 Å². The Hall–Kier alpha value is -3.03. The Bertz CT molecular complexity index is 1150. The summed E-state index contributed by atoms with van der Waals surface area (Å²) >= 11 is 0. The molecule has 1 aliphatic heterocycles. The molecule has 1 aromatic rings. The van der Waals surface area contributed by atoms with Gasteiger partial charge in [-0.2, -0.15) is 26.3 Å². The number of aliphatic hydroxyl groups excluding tert-OH is 1. The smallest absolute Gasteiger partial charge is 0.396 e. The number of amides is 1. The Kier molecular flexibility index (Phi) is 11.9. The van der Waals surface area contributed by atoms with Crippen molar-refractivity contribution in [3.05, 3.63) is 71.3 Å². The van der Waals surface area contributed by atoms with Crippen molar-refractivity contribution in [1.82, 2.24) is 10.2 Å². The third kappa shape index (κ3) is 10.1. The number of allylic oxidation sites excluding steroid dienone is 6. The Morgan fingerprint density at radius 3 is 2.40 bits per heavy atom. The number of benzene rings is 1. The van der Waals surface area contributed by atoms with E-state index in [-0.39, 0.29) is 30.1 Å². The monoisotopic (exact) mass is 596 g/mol. The number of aliphatic hydroxyl groups is 1. The number of nitrogens with one attached hydrogen (secondary N) is 1. The molecule has 2 fully saturated rings. The van der Waals surface area contributed by atoms with Gasteiger partial charge in [0, 0.05) is 25.6 Å². The number of carbonyl (C=O) groups is 1. The van der Waals surface area contributed by atoms with Gasteiger partial charge in [0.1, 0.15) is 0 Å². The van der Waals surface area contributed by atoms with Gasteiger partial charge in [0.05, 0.1) is 11.1 Å². The molecule has 230 valence electrons. The number of rotatable bonds is 12. The van der Waals surface area contributed by atoms with Crippen LogP contribution in [0.15, 0.2) is 54.7 Å². The SMILES string of the molecule is C#C/C=C\C=C/C/C=C\C1CCN(CCC(C(=O)NCc2cc(C(F)(F)F)cc(C(F)(F)F)c2)C2CC2CO)CC1C. The first-order valence-corrected chi connectivity index (χ1v) is 14.2. The van der Waals surface area contributed by atoms with Crippen LogP contribution in [0.5, 0.6) is 0 Å². The lowest BCUT2D eigenvalue weighted by molar-refractivity contribution is -0.143. The molecule has 2 aliphatic rings. The van der Waals surface area contributed by atoms with E-state index >= 15 is 0 Å². The van der Waals surface area contributed by atoms with Crippen molar-refractivity contribution in [1.29, 1.82) is 0 Å². The molecule has 0 radical (unpaired) electrons. The molecule has 42 heavy (non-hydrogen) atoms. The molecule has 1 aliphatic carbocycles. The van der Waals surface area contributed by atoms with E-state index < -0.39 is 41.8 Å². The van der Waals surface area contributed by atoms with Gasteiger partial charge in [-0.15, -0.1) is 6.42 Å². The van der Waals surface area contributed by atoms with Gasteiger partial charge in [0.15, 0.2) is 0 Å². The van der Waals surface area contributed by atoms with Crippen LogP contribution in [0, 0.1) is 41.9 Å². The summed E-state index contributed by atoms with van der Waals surface area (Å²) in [5, 5.41) is 12.1.